The standard InChI is InChI=1S/C18H26N2O4S/c1-18(7-2-3-8-18)14-19-17(21)15-5-4-6-16(13-15)25(22,23)20-9-11-24-12-10-20/h4-6,13H,2-3,7-12,14H2,1H3,(H,19,21). The summed E-state index contributed by atoms with van der Waals surface area (Å²) < 4.78 is 32.1. The zero-order valence-electron chi connectivity index (χ0n) is 14.7. The Kier molecular flexibility index (Phi) is 5.46. The Bertz CT molecular complexity index is 720. The van der Waals surface area contributed by atoms with Crippen LogP contribution < -0.4 is 5.32 Å². The number of hydrogen-bond acceptors (Lipinski definition) is 4. The molecule has 0 aromatic heterocycles. The van der Waals surface area contributed by atoms with Crippen LogP contribution in [-0.2, 0) is 14.8 Å². The number of ether oxygens (including phenoxy) is 1. The van der Waals surface area contributed by atoms with Gasteiger partial charge in [-0.1, -0.05) is 25.8 Å². The Morgan fingerprint density at radius 3 is 2.60 bits per heavy atom. The second-order valence-electron chi connectivity index (χ2n) is 7.24. The topological polar surface area (TPSA) is 75.7 Å². The second kappa shape index (κ2) is 7.43. The number of hydrogen-bond donors (Lipinski definition) is 1. The number of amides is 1. The van der Waals surface area contributed by atoms with Gasteiger partial charge in [0.1, 0.15) is 0 Å². The molecular weight excluding hydrogens is 340 g/mol. The van der Waals surface area contributed by atoms with E-state index in [2.05, 4.69) is 12.2 Å². The smallest absolute Gasteiger partial charge is 0.251 e. The second-order valence-corrected chi connectivity index (χ2v) is 9.18. The summed E-state index contributed by atoms with van der Waals surface area (Å²) >= 11 is 0. The maximum absolute atomic E-state index is 12.7. The average Bonchev–Trinajstić information content (AvgIpc) is 3.07. The first-order valence-corrected chi connectivity index (χ1v) is 10.3. The maximum Gasteiger partial charge on any atom is 0.251 e. The van der Waals surface area contributed by atoms with E-state index in [1.807, 2.05) is 0 Å². The van der Waals surface area contributed by atoms with Gasteiger partial charge in [-0.15, -0.1) is 0 Å². The minimum atomic E-state index is -3.59. The lowest BCUT2D eigenvalue weighted by Crippen LogP contribution is -2.40. The van der Waals surface area contributed by atoms with E-state index >= 15 is 0 Å². The number of benzene rings is 1. The third-order valence-corrected chi connectivity index (χ3v) is 7.09. The van der Waals surface area contributed by atoms with E-state index in [4.69, 9.17) is 4.74 Å². The highest BCUT2D eigenvalue weighted by Crippen LogP contribution is 2.36. The van der Waals surface area contributed by atoms with E-state index in [9.17, 15) is 13.2 Å². The molecule has 3 rings (SSSR count). The summed E-state index contributed by atoms with van der Waals surface area (Å²) in [5.41, 5.74) is 0.545. The number of nitrogens with zero attached hydrogens (tertiary/aromatic N) is 1. The Morgan fingerprint density at radius 2 is 1.92 bits per heavy atom. The van der Waals surface area contributed by atoms with Crippen LogP contribution in [0, 0.1) is 5.41 Å². The molecule has 1 aliphatic carbocycles. The number of nitrogens with one attached hydrogen (secondary N) is 1. The lowest BCUT2D eigenvalue weighted by molar-refractivity contribution is 0.0730. The van der Waals surface area contributed by atoms with Crippen LogP contribution in [0.5, 0.6) is 0 Å². The van der Waals surface area contributed by atoms with Gasteiger partial charge in [-0.25, -0.2) is 8.42 Å². The van der Waals surface area contributed by atoms with Gasteiger partial charge in [0.2, 0.25) is 10.0 Å². The van der Waals surface area contributed by atoms with Crippen molar-refractivity contribution in [1.29, 1.82) is 0 Å². The summed E-state index contributed by atoms with van der Waals surface area (Å²) in [5.74, 6) is -0.216. The molecule has 1 N–H and O–H groups in total. The van der Waals surface area contributed by atoms with Crippen LogP contribution in [0.4, 0.5) is 0 Å². The first-order chi connectivity index (χ1) is 11.9. The van der Waals surface area contributed by atoms with E-state index in [0.29, 0.717) is 38.4 Å². The van der Waals surface area contributed by atoms with Gasteiger partial charge in [0.15, 0.2) is 0 Å². The predicted octanol–water partition coefficient (Wildman–Crippen LogP) is 2.02. The molecule has 6 nitrogen and oxygen atoms in total. The van der Waals surface area contributed by atoms with Crippen molar-refractivity contribution in [1.82, 2.24) is 9.62 Å². The summed E-state index contributed by atoms with van der Waals surface area (Å²) in [7, 11) is -3.59. The van der Waals surface area contributed by atoms with Crippen LogP contribution in [0.15, 0.2) is 29.2 Å². The zero-order valence-corrected chi connectivity index (χ0v) is 15.5. The lowest BCUT2D eigenvalue weighted by atomic mass is 9.89. The Balaban J connectivity index is 1.71. The molecule has 2 aliphatic rings. The zero-order chi connectivity index (χ0) is 17.9. The van der Waals surface area contributed by atoms with Crippen molar-refractivity contribution in [2.75, 3.05) is 32.8 Å². The number of rotatable bonds is 5. The molecule has 1 saturated carbocycles. The van der Waals surface area contributed by atoms with Crippen molar-refractivity contribution >= 4 is 15.9 Å². The van der Waals surface area contributed by atoms with E-state index in [1.54, 1.807) is 18.2 Å². The molecule has 0 radical (unpaired) electrons. The van der Waals surface area contributed by atoms with Gasteiger partial charge in [-0.2, -0.15) is 4.31 Å². The largest absolute Gasteiger partial charge is 0.379 e. The van der Waals surface area contributed by atoms with Crippen LogP contribution in [0.2, 0.25) is 0 Å². The third-order valence-electron chi connectivity index (χ3n) is 5.19. The number of carbonyl (C=O) groups excluding carboxylic acids is 1. The van der Waals surface area contributed by atoms with Crippen LogP contribution in [0.1, 0.15) is 43.0 Å². The fourth-order valence-electron chi connectivity index (χ4n) is 3.53. The number of sulfonamides is 1. The molecule has 25 heavy (non-hydrogen) atoms. The molecule has 7 heteroatoms. The monoisotopic (exact) mass is 366 g/mol. The fraction of sp³-hybridized carbons (Fsp3) is 0.611. The summed E-state index contributed by atoms with van der Waals surface area (Å²) in [5, 5.41) is 2.97. The van der Waals surface area contributed by atoms with Gasteiger partial charge in [0.05, 0.1) is 18.1 Å². The van der Waals surface area contributed by atoms with Gasteiger partial charge in [0.25, 0.3) is 5.91 Å². The minimum absolute atomic E-state index is 0.160. The van der Waals surface area contributed by atoms with Gasteiger partial charge >= 0.3 is 0 Å². The molecule has 1 aromatic rings. The number of morpholine rings is 1. The molecule has 0 unspecified atom stereocenters. The van der Waals surface area contributed by atoms with Gasteiger partial charge in [-0.3, -0.25) is 4.79 Å². The average molecular weight is 366 g/mol. The van der Waals surface area contributed by atoms with Crippen molar-refractivity contribution in [3.63, 3.8) is 0 Å². The lowest BCUT2D eigenvalue weighted by Gasteiger charge is -2.26. The molecule has 1 amide bonds. The normalized spacial score (nSPS) is 21.2. The highest BCUT2D eigenvalue weighted by molar-refractivity contribution is 7.89. The fourth-order valence-corrected chi connectivity index (χ4v) is 4.99. The highest BCUT2D eigenvalue weighted by Gasteiger charge is 2.30. The van der Waals surface area contributed by atoms with Crippen molar-refractivity contribution in [2.24, 2.45) is 5.41 Å². The van der Waals surface area contributed by atoms with Crippen molar-refractivity contribution in [2.45, 2.75) is 37.5 Å². The molecule has 0 atom stereocenters. The predicted molar refractivity (Wildman–Crippen MR) is 94.9 cm³/mol. The van der Waals surface area contributed by atoms with Gasteiger partial charge < -0.3 is 10.1 Å². The number of carbonyl (C=O) groups is 1. The van der Waals surface area contributed by atoms with E-state index in [0.717, 1.165) is 12.8 Å². The Hall–Kier alpha value is -1.44. The minimum Gasteiger partial charge on any atom is -0.379 e. The van der Waals surface area contributed by atoms with E-state index in [1.165, 1.54) is 23.2 Å². The SMILES string of the molecule is CC1(CNC(=O)c2cccc(S(=O)(=O)N3CCOCC3)c2)CCCC1. The van der Waals surface area contributed by atoms with Crippen molar-refractivity contribution in [3.05, 3.63) is 29.8 Å². The third kappa shape index (κ3) is 4.22. The van der Waals surface area contributed by atoms with Crippen LogP contribution >= 0.6 is 0 Å². The van der Waals surface area contributed by atoms with Gasteiger partial charge in [0, 0.05) is 25.2 Å². The van der Waals surface area contributed by atoms with E-state index in [-0.39, 0.29) is 16.2 Å². The van der Waals surface area contributed by atoms with E-state index < -0.39 is 10.0 Å². The Labute approximate surface area is 149 Å². The highest BCUT2D eigenvalue weighted by atomic mass is 32.2. The molecular formula is C18H26N2O4S. The maximum atomic E-state index is 12.7. The molecule has 1 heterocycles. The molecule has 1 aliphatic heterocycles. The molecule has 138 valence electrons. The summed E-state index contributed by atoms with van der Waals surface area (Å²) in [6.45, 7) is 4.32. The van der Waals surface area contributed by atoms with Crippen molar-refractivity contribution in [3.8, 4) is 0 Å². The molecule has 2 fully saturated rings. The summed E-state index contributed by atoms with van der Waals surface area (Å²) in [4.78, 5) is 12.6. The Morgan fingerprint density at radius 1 is 1.24 bits per heavy atom. The molecule has 0 spiro atoms. The quantitative estimate of drug-likeness (QED) is 0.865. The van der Waals surface area contributed by atoms with Gasteiger partial charge in [-0.05, 0) is 36.5 Å². The first kappa shape index (κ1) is 18.4. The van der Waals surface area contributed by atoms with Crippen LogP contribution in [-0.4, -0.2) is 51.5 Å². The van der Waals surface area contributed by atoms with Crippen LogP contribution in [0.3, 0.4) is 0 Å². The van der Waals surface area contributed by atoms with Crippen LogP contribution in [0.25, 0.3) is 0 Å². The molecule has 1 saturated heterocycles. The molecule has 1 aromatic carbocycles. The summed E-state index contributed by atoms with van der Waals surface area (Å²) in [6.07, 6.45) is 4.66. The van der Waals surface area contributed by atoms with Crippen molar-refractivity contribution < 1.29 is 17.9 Å². The first-order valence-electron chi connectivity index (χ1n) is 8.87. The molecule has 0 bridgehead atoms. The summed E-state index contributed by atoms with van der Waals surface area (Å²) in [6, 6.07) is 6.29.